The third-order valence-corrected chi connectivity index (χ3v) is 3.22. The van der Waals surface area contributed by atoms with Crippen LogP contribution in [0.3, 0.4) is 0 Å². The van der Waals surface area contributed by atoms with Gasteiger partial charge in [-0.05, 0) is 23.1 Å². The average molecular weight is 265 g/mol. The molecule has 3 rings (SSSR count). The molecule has 0 atom stereocenters. The van der Waals surface area contributed by atoms with E-state index in [1.165, 1.54) is 0 Å². The molecule has 0 fully saturated rings. The standard InChI is InChI=1S/C17H15NO2/c19-17(20-13-14-6-2-1-3-7-14)12-18-11-10-15-8-4-5-9-16(15)18/h1-11H,12-13H2. The lowest BCUT2D eigenvalue weighted by Crippen LogP contribution is -2.12. The van der Waals surface area contributed by atoms with Crippen molar-refractivity contribution in [3.63, 3.8) is 0 Å². The number of benzene rings is 2. The van der Waals surface area contributed by atoms with E-state index in [1.54, 1.807) is 0 Å². The third-order valence-electron chi connectivity index (χ3n) is 3.22. The molecule has 0 aliphatic rings. The highest BCUT2D eigenvalue weighted by molar-refractivity contribution is 5.81. The first-order chi connectivity index (χ1) is 9.83. The van der Waals surface area contributed by atoms with Gasteiger partial charge in [-0.2, -0.15) is 0 Å². The van der Waals surface area contributed by atoms with E-state index in [4.69, 9.17) is 4.74 Å². The summed E-state index contributed by atoms with van der Waals surface area (Å²) in [6, 6.07) is 19.7. The topological polar surface area (TPSA) is 31.2 Å². The number of hydrogen-bond acceptors (Lipinski definition) is 2. The van der Waals surface area contributed by atoms with Gasteiger partial charge in [0.25, 0.3) is 0 Å². The molecule has 100 valence electrons. The Bertz CT molecular complexity index is 716. The molecule has 3 heteroatoms. The van der Waals surface area contributed by atoms with Crippen molar-refractivity contribution >= 4 is 16.9 Å². The normalized spacial score (nSPS) is 10.6. The highest BCUT2D eigenvalue weighted by atomic mass is 16.5. The van der Waals surface area contributed by atoms with Crippen LogP contribution in [0, 0.1) is 0 Å². The molecule has 20 heavy (non-hydrogen) atoms. The van der Waals surface area contributed by atoms with Crippen LogP contribution in [-0.2, 0) is 22.7 Å². The van der Waals surface area contributed by atoms with E-state index in [-0.39, 0.29) is 12.5 Å². The molecule has 2 aromatic carbocycles. The molecule has 1 aromatic heterocycles. The highest BCUT2D eigenvalue weighted by Gasteiger charge is 2.07. The van der Waals surface area contributed by atoms with Crippen LogP contribution in [0.2, 0.25) is 0 Å². The quantitative estimate of drug-likeness (QED) is 0.677. The van der Waals surface area contributed by atoms with Crippen molar-refractivity contribution in [1.29, 1.82) is 0 Å². The SMILES string of the molecule is O=C(Cn1ccc2ccccc21)OCc1ccccc1. The largest absolute Gasteiger partial charge is 0.459 e. The minimum Gasteiger partial charge on any atom is -0.459 e. The Kier molecular flexibility index (Phi) is 3.50. The molecule has 0 aliphatic heterocycles. The van der Waals surface area contributed by atoms with Crippen LogP contribution < -0.4 is 0 Å². The minimum absolute atomic E-state index is 0.227. The summed E-state index contributed by atoms with van der Waals surface area (Å²) in [4.78, 5) is 11.9. The first-order valence-electron chi connectivity index (χ1n) is 6.56. The zero-order chi connectivity index (χ0) is 13.8. The lowest BCUT2D eigenvalue weighted by Gasteiger charge is -2.07. The molecule has 1 heterocycles. The van der Waals surface area contributed by atoms with Gasteiger partial charge in [-0.25, -0.2) is 0 Å². The Morgan fingerprint density at radius 1 is 0.950 bits per heavy atom. The highest BCUT2D eigenvalue weighted by Crippen LogP contribution is 2.15. The number of nitrogens with zero attached hydrogens (tertiary/aromatic N) is 1. The van der Waals surface area contributed by atoms with Crippen molar-refractivity contribution in [3.8, 4) is 0 Å². The van der Waals surface area contributed by atoms with Gasteiger partial charge in [-0.3, -0.25) is 4.79 Å². The van der Waals surface area contributed by atoms with Gasteiger partial charge < -0.3 is 9.30 Å². The molecule has 0 aliphatic carbocycles. The summed E-state index contributed by atoms with van der Waals surface area (Å²) in [5.74, 6) is -0.227. The Hall–Kier alpha value is -2.55. The first kappa shape index (κ1) is 12.5. The summed E-state index contributed by atoms with van der Waals surface area (Å²) in [6.07, 6.45) is 1.91. The summed E-state index contributed by atoms with van der Waals surface area (Å²) >= 11 is 0. The second-order valence-corrected chi connectivity index (χ2v) is 4.65. The van der Waals surface area contributed by atoms with Crippen molar-refractivity contribution in [2.24, 2.45) is 0 Å². The predicted molar refractivity (Wildman–Crippen MR) is 78.2 cm³/mol. The van der Waals surface area contributed by atoms with Crippen molar-refractivity contribution in [2.45, 2.75) is 13.2 Å². The van der Waals surface area contributed by atoms with Gasteiger partial charge in [0, 0.05) is 11.7 Å². The fourth-order valence-corrected chi connectivity index (χ4v) is 2.20. The van der Waals surface area contributed by atoms with Crippen LogP contribution >= 0.6 is 0 Å². The zero-order valence-corrected chi connectivity index (χ0v) is 11.0. The average Bonchev–Trinajstić information content (AvgIpc) is 2.90. The van der Waals surface area contributed by atoms with Gasteiger partial charge in [-0.1, -0.05) is 48.5 Å². The fraction of sp³-hybridized carbons (Fsp3) is 0.118. The summed E-state index contributed by atoms with van der Waals surface area (Å²) in [5.41, 5.74) is 2.04. The second-order valence-electron chi connectivity index (χ2n) is 4.65. The van der Waals surface area contributed by atoms with Crippen molar-refractivity contribution in [2.75, 3.05) is 0 Å². The van der Waals surface area contributed by atoms with E-state index in [0.717, 1.165) is 16.5 Å². The molecule has 0 saturated heterocycles. The van der Waals surface area contributed by atoms with Crippen molar-refractivity contribution in [1.82, 2.24) is 4.57 Å². The van der Waals surface area contributed by atoms with Gasteiger partial charge in [0.15, 0.2) is 0 Å². The smallest absolute Gasteiger partial charge is 0.326 e. The van der Waals surface area contributed by atoms with E-state index in [2.05, 4.69) is 0 Å². The lowest BCUT2D eigenvalue weighted by molar-refractivity contribution is -0.145. The molecule has 0 spiro atoms. The monoisotopic (exact) mass is 265 g/mol. The van der Waals surface area contributed by atoms with Crippen LogP contribution in [0.25, 0.3) is 10.9 Å². The number of rotatable bonds is 4. The molecule has 0 bridgehead atoms. The van der Waals surface area contributed by atoms with Crippen LogP contribution in [0.4, 0.5) is 0 Å². The second kappa shape index (κ2) is 5.61. The van der Waals surface area contributed by atoms with E-state index in [1.807, 2.05) is 71.4 Å². The van der Waals surface area contributed by atoms with E-state index >= 15 is 0 Å². The molecule has 0 amide bonds. The number of carbonyl (C=O) groups excluding carboxylic acids is 1. The number of esters is 1. The molecular weight excluding hydrogens is 250 g/mol. The van der Waals surface area contributed by atoms with Crippen molar-refractivity contribution < 1.29 is 9.53 Å². The number of para-hydroxylation sites is 1. The minimum atomic E-state index is -0.227. The van der Waals surface area contributed by atoms with Gasteiger partial charge in [0.1, 0.15) is 13.2 Å². The van der Waals surface area contributed by atoms with Gasteiger partial charge >= 0.3 is 5.97 Å². The molecule has 0 saturated carbocycles. The third kappa shape index (κ3) is 2.72. The van der Waals surface area contributed by atoms with Crippen LogP contribution in [0.15, 0.2) is 66.9 Å². The van der Waals surface area contributed by atoms with Crippen LogP contribution in [0.5, 0.6) is 0 Å². The summed E-state index contributed by atoms with van der Waals surface area (Å²) < 4.78 is 7.20. The molecule has 0 radical (unpaired) electrons. The zero-order valence-electron chi connectivity index (χ0n) is 11.0. The first-order valence-corrected chi connectivity index (χ1v) is 6.56. The Balaban J connectivity index is 1.64. The Morgan fingerprint density at radius 2 is 1.70 bits per heavy atom. The Labute approximate surface area is 117 Å². The maximum atomic E-state index is 11.9. The molecule has 3 aromatic rings. The molecule has 3 nitrogen and oxygen atoms in total. The predicted octanol–water partition coefficient (Wildman–Crippen LogP) is 3.38. The van der Waals surface area contributed by atoms with E-state index < -0.39 is 0 Å². The maximum Gasteiger partial charge on any atom is 0.326 e. The molecule has 0 unspecified atom stereocenters. The number of hydrogen-bond donors (Lipinski definition) is 0. The number of fused-ring (bicyclic) bond motifs is 1. The number of ether oxygens (including phenoxy) is 1. The van der Waals surface area contributed by atoms with E-state index in [0.29, 0.717) is 6.61 Å². The molecule has 0 N–H and O–H groups in total. The maximum absolute atomic E-state index is 11.9. The number of aromatic nitrogens is 1. The van der Waals surface area contributed by atoms with Gasteiger partial charge in [-0.15, -0.1) is 0 Å². The van der Waals surface area contributed by atoms with Gasteiger partial charge in [0.2, 0.25) is 0 Å². The lowest BCUT2D eigenvalue weighted by atomic mass is 10.2. The number of carbonyl (C=O) groups is 1. The Morgan fingerprint density at radius 3 is 2.55 bits per heavy atom. The van der Waals surface area contributed by atoms with E-state index in [9.17, 15) is 4.79 Å². The van der Waals surface area contributed by atoms with Crippen LogP contribution in [0.1, 0.15) is 5.56 Å². The molecular formula is C17H15NO2. The summed E-state index contributed by atoms with van der Waals surface area (Å²) in [6.45, 7) is 0.555. The van der Waals surface area contributed by atoms with Crippen LogP contribution in [-0.4, -0.2) is 10.5 Å². The van der Waals surface area contributed by atoms with Crippen molar-refractivity contribution in [3.05, 3.63) is 72.4 Å². The summed E-state index contributed by atoms with van der Waals surface area (Å²) in [5, 5.41) is 1.13. The fourth-order valence-electron chi connectivity index (χ4n) is 2.20. The summed E-state index contributed by atoms with van der Waals surface area (Å²) in [7, 11) is 0. The van der Waals surface area contributed by atoms with Gasteiger partial charge in [0.05, 0.1) is 0 Å².